The largest absolute Gasteiger partial charge is 0.484 e. The lowest BCUT2D eigenvalue weighted by atomic mass is 10.2. The second-order valence-corrected chi connectivity index (χ2v) is 5.53. The first-order valence-electron chi connectivity index (χ1n) is 7.81. The number of carbonyl (C=O) groups excluding carboxylic acids is 1. The lowest BCUT2D eigenvalue weighted by Gasteiger charge is -2.08. The third-order valence-corrected chi connectivity index (χ3v) is 3.51. The van der Waals surface area contributed by atoms with Gasteiger partial charge >= 0.3 is 0 Å². The summed E-state index contributed by atoms with van der Waals surface area (Å²) >= 11 is 0. The van der Waals surface area contributed by atoms with Gasteiger partial charge in [0.1, 0.15) is 12.1 Å². The Morgan fingerprint density at radius 1 is 1.33 bits per heavy atom. The van der Waals surface area contributed by atoms with Crippen LogP contribution in [0.15, 0.2) is 43.0 Å². The van der Waals surface area contributed by atoms with Gasteiger partial charge in [-0.1, -0.05) is 12.1 Å². The van der Waals surface area contributed by atoms with E-state index in [4.69, 9.17) is 4.74 Å². The zero-order chi connectivity index (χ0) is 16.8. The van der Waals surface area contributed by atoms with Crippen LogP contribution in [0.25, 0.3) is 5.78 Å². The molecule has 1 N–H and O–H groups in total. The van der Waals surface area contributed by atoms with Crippen LogP contribution in [0, 0.1) is 6.92 Å². The monoisotopic (exact) mass is 325 g/mol. The topological polar surface area (TPSA) is 81.4 Å². The Hall–Kier alpha value is -2.96. The summed E-state index contributed by atoms with van der Waals surface area (Å²) in [7, 11) is 0. The number of nitrogens with zero attached hydrogens (tertiary/aromatic N) is 4. The van der Waals surface area contributed by atoms with Gasteiger partial charge in [0.25, 0.3) is 11.7 Å². The summed E-state index contributed by atoms with van der Waals surface area (Å²) in [6.07, 6.45) is 6.78. The van der Waals surface area contributed by atoms with Gasteiger partial charge in [0.15, 0.2) is 6.61 Å². The number of hydrogen-bond donors (Lipinski definition) is 1. The summed E-state index contributed by atoms with van der Waals surface area (Å²) in [5.74, 6) is 1.17. The molecule has 24 heavy (non-hydrogen) atoms. The molecule has 0 fully saturated rings. The molecule has 0 aliphatic rings. The minimum Gasteiger partial charge on any atom is -0.484 e. The van der Waals surface area contributed by atoms with E-state index >= 15 is 0 Å². The average Bonchev–Trinajstić information content (AvgIpc) is 3.05. The molecule has 0 aliphatic heterocycles. The van der Waals surface area contributed by atoms with Crippen LogP contribution in [0.3, 0.4) is 0 Å². The molecular formula is C17H19N5O2. The maximum Gasteiger partial charge on any atom is 0.257 e. The number of rotatable bonds is 7. The Bertz CT molecular complexity index is 830. The molecular weight excluding hydrogens is 306 g/mol. The standard InChI is InChI=1S/C17H19N5O2/c1-13-4-2-6-15(8-13)24-11-16(23)18-7-3-5-14-9-19-17-20-12-21-22(17)10-14/h2,4,6,8-10,12H,3,5,7,11H2,1H3,(H,18,23). The second kappa shape index (κ2) is 7.54. The van der Waals surface area contributed by atoms with Gasteiger partial charge in [-0.15, -0.1) is 0 Å². The summed E-state index contributed by atoms with van der Waals surface area (Å²) in [5.41, 5.74) is 2.16. The fourth-order valence-electron chi connectivity index (χ4n) is 2.31. The molecule has 3 aromatic rings. The predicted molar refractivity (Wildman–Crippen MR) is 88.8 cm³/mol. The highest BCUT2D eigenvalue weighted by Gasteiger charge is 2.03. The van der Waals surface area contributed by atoms with E-state index in [0.717, 1.165) is 24.0 Å². The SMILES string of the molecule is Cc1cccc(OCC(=O)NCCCc2cnc3ncnn3c2)c1. The van der Waals surface area contributed by atoms with E-state index < -0.39 is 0 Å². The number of ether oxygens (including phenoxy) is 1. The number of aromatic nitrogens is 4. The van der Waals surface area contributed by atoms with Gasteiger partial charge < -0.3 is 10.1 Å². The van der Waals surface area contributed by atoms with Gasteiger partial charge in [-0.25, -0.2) is 9.50 Å². The molecule has 1 aromatic carbocycles. The first-order chi connectivity index (χ1) is 11.7. The van der Waals surface area contributed by atoms with Crippen molar-refractivity contribution in [3.8, 4) is 5.75 Å². The zero-order valence-corrected chi connectivity index (χ0v) is 13.5. The van der Waals surface area contributed by atoms with E-state index in [1.807, 2.05) is 37.4 Å². The van der Waals surface area contributed by atoms with Gasteiger partial charge in [0, 0.05) is 18.9 Å². The Labute approximate surface area is 139 Å². The van der Waals surface area contributed by atoms with Crippen molar-refractivity contribution in [2.45, 2.75) is 19.8 Å². The third-order valence-electron chi connectivity index (χ3n) is 3.51. The van der Waals surface area contributed by atoms with E-state index in [0.29, 0.717) is 18.1 Å². The smallest absolute Gasteiger partial charge is 0.257 e. The summed E-state index contributed by atoms with van der Waals surface area (Å²) in [5, 5.41) is 6.90. The maximum absolute atomic E-state index is 11.8. The molecule has 0 radical (unpaired) electrons. The number of hydrogen-bond acceptors (Lipinski definition) is 5. The van der Waals surface area contributed by atoms with E-state index in [9.17, 15) is 4.79 Å². The summed E-state index contributed by atoms with van der Waals surface area (Å²) < 4.78 is 7.11. The highest BCUT2D eigenvalue weighted by molar-refractivity contribution is 5.77. The summed E-state index contributed by atoms with van der Waals surface area (Å²) in [6.45, 7) is 2.60. The first-order valence-corrected chi connectivity index (χ1v) is 7.81. The molecule has 0 atom stereocenters. The van der Waals surface area contributed by atoms with Crippen LogP contribution in [0.2, 0.25) is 0 Å². The Morgan fingerprint density at radius 2 is 2.25 bits per heavy atom. The van der Waals surface area contributed by atoms with E-state index in [2.05, 4.69) is 20.4 Å². The molecule has 0 unspecified atom stereocenters. The van der Waals surface area contributed by atoms with Crippen LogP contribution >= 0.6 is 0 Å². The van der Waals surface area contributed by atoms with Crippen LogP contribution in [0.1, 0.15) is 17.5 Å². The van der Waals surface area contributed by atoms with Gasteiger partial charge in [0.05, 0.1) is 0 Å². The lowest BCUT2D eigenvalue weighted by Crippen LogP contribution is -2.29. The van der Waals surface area contributed by atoms with Gasteiger partial charge in [-0.05, 0) is 43.0 Å². The minimum atomic E-state index is -0.124. The Morgan fingerprint density at radius 3 is 3.12 bits per heavy atom. The Balaban J connectivity index is 1.37. The number of nitrogens with one attached hydrogen (secondary N) is 1. The van der Waals surface area contributed by atoms with Crippen molar-refractivity contribution in [1.29, 1.82) is 0 Å². The molecule has 7 nitrogen and oxygen atoms in total. The van der Waals surface area contributed by atoms with Crippen molar-refractivity contribution in [3.05, 3.63) is 54.1 Å². The van der Waals surface area contributed by atoms with Crippen molar-refractivity contribution in [1.82, 2.24) is 24.9 Å². The number of carbonyl (C=O) groups is 1. The molecule has 2 aromatic heterocycles. The Kier molecular flexibility index (Phi) is 5.00. The van der Waals surface area contributed by atoms with Crippen molar-refractivity contribution in [2.75, 3.05) is 13.2 Å². The van der Waals surface area contributed by atoms with Gasteiger partial charge in [-0.2, -0.15) is 10.1 Å². The summed E-state index contributed by atoms with van der Waals surface area (Å²) in [6, 6.07) is 7.63. The van der Waals surface area contributed by atoms with Crippen molar-refractivity contribution < 1.29 is 9.53 Å². The minimum absolute atomic E-state index is 0.0237. The highest BCUT2D eigenvalue weighted by atomic mass is 16.5. The molecule has 0 bridgehead atoms. The number of aryl methyl sites for hydroxylation is 2. The molecule has 0 aliphatic carbocycles. The number of fused-ring (bicyclic) bond motifs is 1. The van der Waals surface area contributed by atoms with Crippen molar-refractivity contribution >= 4 is 11.7 Å². The lowest BCUT2D eigenvalue weighted by molar-refractivity contribution is -0.123. The number of benzene rings is 1. The molecule has 3 rings (SSSR count). The number of amides is 1. The normalized spacial score (nSPS) is 10.7. The molecule has 2 heterocycles. The highest BCUT2D eigenvalue weighted by Crippen LogP contribution is 2.11. The van der Waals surface area contributed by atoms with Crippen molar-refractivity contribution in [3.63, 3.8) is 0 Å². The second-order valence-electron chi connectivity index (χ2n) is 5.53. The molecule has 0 spiro atoms. The van der Waals surface area contributed by atoms with Crippen LogP contribution in [0.5, 0.6) is 5.75 Å². The van der Waals surface area contributed by atoms with Crippen LogP contribution in [-0.4, -0.2) is 38.6 Å². The fourth-order valence-corrected chi connectivity index (χ4v) is 2.31. The molecule has 0 saturated carbocycles. The molecule has 1 amide bonds. The van der Waals surface area contributed by atoms with E-state index in [1.54, 1.807) is 10.7 Å². The van der Waals surface area contributed by atoms with Gasteiger partial charge in [-0.3, -0.25) is 4.79 Å². The molecule has 0 saturated heterocycles. The predicted octanol–water partition coefficient (Wildman–Crippen LogP) is 1.56. The van der Waals surface area contributed by atoms with E-state index in [1.165, 1.54) is 6.33 Å². The van der Waals surface area contributed by atoms with Crippen LogP contribution in [0.4, 0.5) is 0 Å². The van der Waals surface area contributed by atoms with Crippen molar-refractivity contribution in [2.24, 2.45) is 0 Å². The quantitative estimate of drug-likeness (QED) is 0.667. The first kappa shape index (κ1) is 15.9. The van der Waals surface area contributed by atoms with Gasteiger partial charge in [0.2, 0.25) is 0 Å². The van der Waals surface area contributed by atoms with Crippen LogP contribution < -0.4 is 10.1 Å². The average molecular weight is 325 g/mol. The fraction of sp³-hybridized carbons (Fsp3) is 0.294. The third kappa shape index (κ3) is 4.28. The summed E-state index contributed by atoms with van der Waals surface area (Å²) in [4.78, 5) is 20.0. The molecule has 124 valence electrons. The zero-order valence-electron chi connectivity index (χ0n) is 13.5. The van der Waals surface area contributed by atoms with Crippen LogP contribution in [-0.2, 0) is 11.2 Å². The van der Waals surface area contributed by atoms with E-state index in [-0.39, 0.29) is 12.5 Å². The maximum atomic E-state index is 11.8. The molecule has 7 heteroatoms.